The number of carbonyl (C=O) groups excluding carboxylic acids is 2. The molecule has 0 aromatic heterocycles. The van der Waals surface area contributed by atoms with E-state index in [0.717, 1.165) is 5.56 Å². The van der Waals surface area contributed by atoms with Gasteiger partial charge in [-0.3, -0.25) is 14.6 Å². The predicted octanol–water partition coefficient (Wildman–Crippen LogP) is 1.53. The summed E-state index contributed by atoms with van der Waals surface area (Å²) in [5.41, 5.74) is 2.01. The molecule has 0 aliphatic carbocycles. The molecule has 0 fully saturated rings. The zero-order valence-electron chi connectivity index (χ0n) is 15.9. The minimum absolute atomic E-state index is 0.0116. The number of amides is 2. The highest BCUT2D eigenvalue weighted by atomic mass is 19.1. The van der Waals surface area contributed by atoms with Gasteiger partial charge in [0.25, 0.3) is 5.91 Å². The molecule has 8 heteroatoms. The van der Waals surface area contributed by atoms with Crippen LogP contribution in [-0.4, -0.2) is 45.0 Å². The van der Waals surface area contributed by atoms with Crippen LogP contribution in [0.15, 0.2) is 53.5 Å². The van der Waals surface area contributed by atoms with Crippen LogP contribution in [0.5, 0.6) is 0 Å². The van der Waals surface area contributed by atoms with Gasteiger partial charge in [-0.25, -0.2) is 4.39 Å². The molecular formula is C20H24FN5O2. The third-order valence-electron chi connectivity index (χ3n) is 3.87. The molecule has 7 nitrogen and oxygen atoms in total. The fourth-order valence-corrected chi connectivity index (χ4v) is 2.49. The lowest BCUT2D eigenvalue weighted by Gasteiger charge is -2.12. The highest BCUT2D eigenvalue weighted by Crippen LogP contribution is 2.08. The number of aliphatic imine (C=N–C) groups is 1. The van der Waals surface area contributed by atoms with Gasteiger partial charge in [-0.05, 0) is 42.3 Å². The lowest BCUT2D eigenvalue weighted by Crippen LogP contribution is -2.42. The zero-order valence-corrected chi connectivity index (χ0v) is 15.9. The van der Waals surface area contributed by atoms with Gasteiger partial charge in [0.1, 0.15) is 5.82 Å². The second kappa shape index (κ2) is 10.7. The Labute approximate surface area is 163 Å². The molecule has 148 valence electrons. The van der Waals surface area contributed by atoms with E-state index in [1.54, 1.807) is 26.2 Å². The summed E-state index contributed by atoms with van der Waals surface area (Å²) in [7, 11) is 3.20. The number of nitrogens with zero attached hydrogens (tertiary/aromatic N) is 1. The first-order valence-corrected chi connectivity index (χ1v) is 8.82. The van der Waals surface area contributed by atoms with Crippen molar-refractivity contribution in [2.45, 2.75) is 6.42 Å². The first-order chi connectivity index (χ1) is 13.5. The van der Waals surface area contributed by atoms with E-state index in [2.05, 4.69) is 26.3 Å². The number of nitrogens with one attached hydrogen (secondary N) is 4. The maximum Gasteiger partial charge on any atom is 0.251 e. The molecule has 0 saturated heterocycles. The van der Waals surface area contributed by atoms with Crippen LogP contribution < -0.4 is 21.3 Å². The Hall–Kier alpha value is -3.42. The maximum atomic E-state index is 13.1. The van der Waals surface area contributed by atoms with E-state index in [0.29, 0.717) is 30.2 Å². The topological polar surface area (TPSA) is 94.6 Å². The van der Waals surface area contributed by atoms with Gasteiger partial charge in [-0.2, -0.15) is 0 Å². The Kier molecular flexibility index (Phi) is 7.95. The molecule has 28 heavy (non-hydrogen) atoms. The summed E-state index contributed by atoms with van der Waals surface area (Å²) in [5, 5.41) is 11.2. The maximum absolute atomic E-state index is 13.1. The number of hydrogen-bond acceptors (Lipinski definition) is 3. The van der Waals surface area contributed by atoms with Crippen molar-refractivity contribution in [3.8, 4) is 0 Å². The molecule has 0 aliphatic rings. The average Bonchev–Trinajstić information content (AvgIpc) is 2.70. The van der Waals surface area contributed by atoms with Gasteiger partial charge in [0.2, 0.25) is 5.91 Å². The van der Waals surface area contributed by atoms with E-state index in [1.165, 1.54) is 18.2 Å². The minimum Gasteiger partial charge on any atom is -0.356 e. The molecular weight excluding hydrogens is 361 g/mol. The summed E-state index contributed by atoms with van der Waals surface area (Å²) in [6.45, 7) is 0.560. The van der Waals surface area contributed by atoms with Crippen molar-refractivity contribution in [3.05, 3.63) is 65.5 Å². The summed E-state index contributed by atoms with van der Waals surface area (Å²) in [5.74, 6) is -0.385. The Morgan fingerprint density at radius 2 is 1.86 bits per heavy atom. The van der Waals surface area contributed by atoms with Crippen molar-refractivity contribution < 1.29 is 14.0 Å². The van der Waals surface area contributed by atoms with Crippen molar-refractivity contribution in [3.63, 3.8) is 0 Å². The number of benzene rings is 2. The number of carbonyl (C=O) groups is 2. The Bertz CT molecular complexity index is 854. The van der Waals surface area contributed by atoms with Crippen LogP contribution in [0.4, 0.5) is 10.1 Å². The largest absolute Gasteiger partial charge is 0.356 e. The van der Waals surface area contributed by atoms with Crippen molar-refractivity contribution >= 4 is 23.5 Å². The SMILES string of the molecule is CN=C(NCCc1cccc(C(=O)NC)c1)NCC(=O)Nc1cccc(F)c1. The Balaban J connectivity index is 1.77. The van der Waals surface area contributed by atoms with Crippen molar-refractivity contribution in [1.82, 2.24) is 16.0 Å². The lowest BCUT2D eigenvalue weighted by molar-refractivity contribution is -0.115. The van der Waals surface area contributed by atoms with Gasteiger partial charge in [0.05, 0.1) is 6.54 Å². The average molecular weight is 385 g/mol. The first kappa shape index (κ1) is 20.9. The second-order valence-corrected chi connectivity index (χ2v) is 5.94. The first-order valence-electron chi connectivity index (χ1n) is 8.82. The number of hydrogen-bond donors (Lipinski definition) is 4. The third-order valence-corrected chi connectivity index (χ3v) is 3.87. The van der Waals surface area contributed by atoms with Crippen molar-refractivity contribution in [2.75, 3.05) is 32.5 Å². The van der Waals surface area contributed by atoms with Gasteiger partial charge < -0.3 is 21.3 Å². The highest BCUT2D eigenvalue weighted by molar-refractivity contribution is 5.95. The molecule has 0 atom stereocenters. The number of halogens is 1. The van der Waals surface area contributed by atoms with Gasteiger partial charge >= 0.3 is 0 Å². The quantitative estimate of drug-likeness (QED) is 0.429. The van der Waals surface area contributed by atoms with Crippen LogP contribution >= 0.6 is 0 Å². The Morgan fingerprint density at radius 1 is 1.07 bits per heavy atom. The van der Waals surface area contributed by atoms with Crippen LogP contribution in [0.25, 0.3) is 0 Å². The molecule has 0 heterocycles. The van der Waals surface area contributed by atoms with E-state index < -0.39 is 5.82 Å². The van der Waals surface area contributed by atoms with Gasteiger partial charge in [0, 0.05) is 31.9 Å². The Morgan fingerprint density at radius 3 is 2.57 bits per heavy atom. The molecule has 2 amide bonds. The summed E-state index contributed by atoms with van der Waals surface area (Å²) in [6.07, 6.45) is 0.682. The van der Waals surface area contributed by atoms with E-state index in [9.17, 15) is 14.0 Å². The number of anilines is 1. The molecule has 0 saturated carbocycles. The fraction of sp³-hybridized carbons (Fsp3) is 0.250. The standard InChI is InChI=1S/C20H24FN5O2/c1-22-19(28)15-6-3-5-14(11-15)9-10-24-20(23-2)25-13-18(27)26-17-8-4-7-16(21)12-17/h3-8,11-12H,9-10,13H2,1-2H3,(H,22,28)(H,26,27)(H2,23,24,25). The monoisotopic (exact) mass is 385 g/mol. The van der Waals surface area contributed by atoms with Crippen molar-refractivity contribution in [1.29, 1.82) is 0 Å². The lowest BCUT2D eigenvalue weighted by atomic mass is 10.1. The normalized spacial score (nSPS) is 10.9. The third kappa shape index (κ3) is 6.71. The van der Waals surface area contributed by atoms with E-state index in [1.807, 2.05) is 18.2 Å². The summed E-state index contributed by atoms with van der Waals surface area (Å²) < 4.78 is 13.1. The van der Waals surface area contributed by atoms with E-state index in [-0.39, 0.29) is 18.4 Å². The fourth-order valence-electron chi connectivity index (χ4n) is 2.49. The molecule has 0 unspecified atom stereocenters. The minimum atomic E-state index is -0.413. The van der Waals surface area contributed by atoms with Crippen LogP contribution in [0.1, 0.15) is 15.9 Å². The molecule has 0 spiro atoms. The molecule has 0 radical (unpaired) electrons. The zero-order chi connectivity index (χ0) is 20.4. The van der Waals surface area contributed by atoms with Crippen LogP contribution in [0, 0.1) is 5.82 Å². The highest BCUT2D eigenvalue weighted by Gasteiger charge is 2.06. The number of rotatable bonds is 7. The van der Waals surface area contributed by atoms with E-state index >= 15 is 0 Å². The second-order valence-electron chi connectivity index (χ2n) is 5.94. The summed E-state index contributed by atoms with van der Waals surface area (Å²) in [6, 6.07) is 13.1. The van der Waals surface area contributed by atoms with Gasteiger partial charge in [-0.1, -0.05) is 18.2 Å². The molecule has 2 rings (SSSR count). The van der Waals surface area contributed by atoms with E-state index in [4.69, 9.17) is 0 Å². The van der Waals surface area contributed by atoms with Gasteiger partial charge in [-0.15, -0.1) is 0 Å². The summed E-state index contributed by atoms with van der Waals surface area (Å²) in [4.78, 5) is 27.7. The molecule has 2 aromatic rings. The summed E-state index contributed by atoms with van der Waals surface area (Å²) >= 11 is 0. The van der Waals surface area contributed by atoms with Gasteiger partial charge in [0.15, 0.2) is 5.96 Å². The molecule has 4 N–H and O–H groups in total. The number of guanidine groups is 1. The smallest absolute Gasteiger partial charge is 0.251 e. The molecule has 0 aliphatic heterocycles. The van der Waals surface area contributed by atoms with Crippen LogP contribution in [-0.2, 0) is 11.2 Å². The molecule has 2 aromatic carbocycles. The van der Waals surface area contributed by atoms with Crippen LogP contribution in [0.2, 0.25) is 0 Å². The molecule has 0 bridgehead atoms. The van der Waals surface area contributed by atoms with Crippen molar-refractivity contribution in [2.24, 2.45) is 4.99 Å². The predicted molar refractivity (Wildman–Crippen MR) is 108 cm³/mol. The van der Waals surface area contributed by atoms with Crippen LogP contribution in [0.3, 0.4) is 0 Å².